The van der Waals surface area contributed by atoms with Crippen molar-refractivity contribution in [3.63, 3.8) is 0 Å². The second kappa shape index (κ2) is 7.64. The van der Waals surface area contributed by atoms with Crippen LogP contribution in [0.25, 0.3) is 0 Å². The fraction of sp³-hybridized carbons (Fsp3) is 0.471. The summed E-state index contributed by atoms with van der Waals surface area (Å²) in [5.74, 6) is 2.44. The van der Waals surface area contributed by atoms with E-state index in [1.54, 1.807) is 24.2 Å². The highest BCUT2D eigenvalue weighted by Crippen LogP contribution is 2.24. The van der Waals surface area contributed by atoms with Crippen molar-refractivity contribution in [3.05, 3.63) is 36.3 Å². The standard InChI is InChI=1S/C17H22N4OS/c1-13-10-16(20-17(19-13)23-2)21-9-3-4-14(11-21)12-22-15-5-7-18-8-6-15/h5-8,10,14H,3-4,9,11-12H2,1-2H3. The third-order valence-electron chi connectivity index (χ3n) is 3.98. The maximum absolute atomic E-state index is 5.89. The number of hydrogen-bond donors (Lipinski definition) is 0. The van der Waals surface area contributed by atoms with Gasteiger partial charge in [-0.25, -0.2) is 9.97 Å². The molecule has 2 aromatic heterocycles. The Bertz CT molecular complexity index is 638. The van der Waals surface area contributed by atoms with E-state index in [0.717, 1.165) is 42.1 Å². The molecule has 0 aliphatic carbocycles. The molecule has 1 fully saturated rings. The average molecular weight is 330 g/mol. The van der Waals surface area contributed by atoms with Gasteiger partial charge in [0.1, 0.15) is 11.6 Å². The Hall–Kier alpha value is -1.82. The van der Waals surface area contributed by atoms with Crippen LogP contribution in [0.1, 0.15) is 18.5 Å². The van der Waals surface area contributed by atoms with Gasteiger partial charge in [0.25, 0.3) is 0 Å². The lowest BCUT2D eigenvalue weighted by molar-refractivity contribution is 0.228. The highest BCUT2D eigenvalue weighted by molar-refractivity contribution is 7.98. The molecular formula is C17H22N4OS. The van der Waals surface area contributed by atoms with Crippen LogP contribution in [-0.4, -0.2) is 40.9 Å². The molecule has 1 unspecified atom stereocenters. The normalized spacial score (nSPS) is 18.0. The third-order valence-corrected chi connectivity index (χ3v) is 4.53. The molecule has 0 bridgehead atoms. The van der Waals surface area contributed by atoms with E-state index in [-0.39, 0.29) is 0 Å². The van der Waals surface area contributed by atoms with Crippen molar-refractivity contribution < 1.29 is 4.74 Å². The largest absolute Gasteiger partial charge is 0.493 e. The van der Waals surface area contributed by atoms with Gasteiger partial charge in [-0.2, -0.15) is 0 Å². The van der Waals surface area contributed by atoms with Gasteiger partial charge in [-0.3, -0.25) is 4.98 Å². The Morgan fingerprint density at radius 2 is 2.13 bits per heavy atom. The summed E-state index contributed by atoms with van der Waals surface area (Å²) in [6.45, 7) is 4.80. The van der Waals surface area contributed by atoms with Gasteiger partial charge in [0.05, 0.1) is 6.61 Å². The average Bonchev–Trinajstić information content (AvgIpc) is 2.60. The van der Waals surface area contributed by atoms with Crippen LogP contribution >= 0.6 is 11.8 Å². The first-order valence-electron chi connectivity index (χ1n) is 7.92. The number of aryl methyl sites for hydroxylation is 1. The van der Waals surface area contributed by atoms with Gasteiger partial charge >= 0.3 is 0 Å². The fourth-order valence-corrected chi connectivity index (χ4v) is 3.26. The number of pyridine rings is 1. The van der Waals surface area contributed by atoms with Gasteiger partial charge in [-0.15, -0.1) is 0 Å². The Morgan fingerprint density at radius 3 is 2.91 bits per heavy atom. The highest BCUT2D eigenvalue weighted by Gasteiger charge is 2.22. The maximum atomic E-state index is 5.89. The Kier molecular flexibility index (Phi) is 5.33. The van der Waals surface area contributed by atoms with Crippen molar-refractivity contribution in [3.8, 4) is 5.75 Å². The SMILES string of the molecule is CSc1nc(C)cc(N2CCCC(COc3ccncc3)C2)n1. The number of piperidine rings is 1. The molecule has 1 aliphatic rings. The van der Waals surface area contributed by atoms with Gasteiger partial charge in [0.2, 0.25) is 0 Å². The molecule has 23 heavy (non-hydrogen) atoms. The summed E-state index contributed by atoms with van der Waals surface area (Å²) in [6.07, 6.45) is 7.90. The van der Waals surface area contributed by atoms with Crippen LogP contribution in [0.4, 0.5) is 5.82 Å². The molecular weight excluding hydrogens is 308 g/mol. The van der Waals surface area contributed by atoms with Gasteiger partial charge in [0.15, 0.2) is 5.16 Å². The first kappa shape index (κ1) is 16.1. The zero-order chi connectivity index (χ0) is 16.1. The van der Waals surface area contributed by atoms with E-state index in [0.29, 0.717) is 5.92 Å². The van der Waals surface area contributed by atoms with Crippen LogP contribution in [0.15, 0.2) is 35.7 Å². The van der Waals surface area contributed by atoms with Crippen LogP contribution in [0.5, 0.6) is 5.75 Å². The molecule has 1 saturated heterocycles. The molecule has 3 rings (SSSR count). The van der Waals surface area contributed by atoms with Crippen molar-refractivity contribution in [2.75, 3.05) is 30.9 Å². The van der Waals surface area contributed by atoms with E-state index in [1.165, 1.54) is 12.8 Å². The zero-order valence-electron chi connectivity index (χ0n) is 13.6. The summed E-state index contributed by atoms with van der Waals surface area (Å²) in [6, 6.07) is 5.88. The number of ether oxygens (including phenoxy) is 1. The molecule has 0 amide bonds. The second-order valence-electron chi connectivity index (χ2n) is 5.80. The first-order valence-corrected chi connectivity index (χ1v) is 9.14. The van der Waals surface area contributed by atoms with Gasteiger partial charge < -0.3 is 9.64 Å². The maximum Gasteiger partial charge on any atom is 0.189 e. The molecule has 122 valence electrons. The van der Waals surface area contributed by atoms with E-state index >= 15 is 0 Å². The van der Waals surface area contributed by atoms with Crippen molar-refractivity contribution in [2.45, 2.75) is 24.9 Å². The van der Waals surface area contributed by atoms with Crippen molar-refractivity contribution in [2.24, 2.45) is 5.92 Å². The topological polar surface area (TPSA) is 51.1 Å². The van der Waals surface area contributed by atoms with Crippen LogP contribution < -0.4 is 9.64 Å². The van der Waals surface area contributed by atoms with Crippen LogP contribution in [0, 0.1) is 12.8 Å². The highest BCUT2D eigenvalue weighted by atomic mass is 32.2. The molecule has 5 nitrogen and oxygen atoms in total. The summed E-state index contributed by atoms with van der Waals surface area (Å²) in [5.41, 5.74) is 1.02. The monoisotopic (exact) mass is 330 g/mol. The van der Waals surface area contributed by atoms with E-state index in [9.17, 15) is 0 Å². The number of thioether (sulfide) groups is 1. The summed E-state index contributed by atoms with van der Waals surface area (Å²) in [4.78, 5) is 15.5. The molecule has 2 aromatic rings. The van der Waals surface area contributed by atoms with Crippen molar-refractivity contribution >= 4 is 17.6 Å². The lowest BCUT2D eigenvalue weighted by atomic mass is 9.99. The van der Waals surface area contributed by atoms with E-state index in [1.807, 2.05) is 25.3 Å². The van der Waals surface area contributed by atoms with Gasteiger partial charge in [-0.05, 0) is 38.2 Å². The number of hydrogen-bond acceptors (Lipinski definition) is 6. The minimum absolute atomic E-state index is 0.518. The molecule has 0 radical (unpaired) electrons. The van der Waals surface area contributed by atoms with Gasteiger partial charge in [-0.1, -0.05) is 11.8 Å². The molecule has 1 aliphatic heterocycles. The molecule has 0 saturated carbocycles. The Balaban J connectivity index is 1.63. The Labute approximate surface area is 141 Å². The van der Waals surface area contributed by atoms with Crippen LogP contribution in [0.3, 0.4) is 0 Å². The zero-order valence-corrected chi connectivity index (χ0v) is 14.4. The van der Waals surface area contributed by atoms with Crippen LogP contribution in [0.2, 0.25) is 0 Å². The smallest absolute Gasteiger partial charge is 0.189 e. The minimum atomic E-state index is 0.518. The summed E-state index contributed by atoms with van der Waals surface area (Å²) in [7, 11) is 0. The first-order chi connectivity index (χ1) is 11.2. The summed E-state index contributed by atoms with van der Waals surface area (Å²) < 4.78 is 5.89. The lowest BCUT2D eigenvalue weighted by Gasteiger charge is -2.33. The lowest BCUT2D eigenvalue weighted by Crippen LogP contribution is -2.38. The second-order valence-corrected chi connectivity index (χ2v) is 6.58. The number of rotatable bonds is 5. The Morgan fingerprint density at radius 1 is 1.30 bits per heavy atom. The molecule has 0 aromatic carbocycles. The van der Waals surface area contributed by atoms with Crippen molar-refractivity contribution in [1.29, 1.82) is 0 Å². The number of nitrogens with zero attached hydrogens (tertiary/aromatic N) is 4. The summed E-state index contributed by atoms with van der Waals surface area (Å²) >= 11 is 1.59. The predicted octanol–water partition coefficient (Wildman–Crippen LogP) is 3.20. The molecule has 0 spiro atoms. The summed E-state index contributed by atoms with van der Waals surface area (Å²) in [5, 5.41) is 0.843. The third kappa shape index (κ3) is 4.34. The van der Waals surface area contributed by atoms with Crippen LogP contribution in [-0.2, 0) is 0 Å². The molecule has 0 N–H and O–H groups in total. The number of anilines is 1. The molecule has 6 heteroatoms. The number of aromatic nitrogens is 3. The van der Waals surface area contributed by atoms with E-state index < -0.39 is 0 Å². The van der Waals surface area contributed by atoms with E-state index in [4.69, 9.17) is 4.74 Å². The molecule has 1 atom stereocenters. The van der Waals surface area contributed by atoms with Gasteiger partial charge in [0, 0.05) is 43.2 Å². The fourth-order valence-electron chi connectivity index (χ4n) is 2.84. The quantitative estimate of drug-likeness (QED) is 0.620. The van der Waals surface area contributed by atoms with Crippen molar-refractivity contribution in [1.82, 2.24) is 15.0 Å². The van der Waals surface area contributed by atoms with E-state index in [2.05, 4.69) is 25.9 Å². The molecule has 3 heterocycles. The minimum Gasteiger partial charge on any atom is -0.493 e. The predicted molar refractivity (Wildman–Crippen MR) is 93.2 cm³/mol.